The van der Waals surface area contributed by atoms with Crippen molar-refractivity contribution in [1.29, 1.82) is 0 Å². The van der Waals surface area contributed by atoms with Crippen molar-refractivity contribution in [3.8, 4) is 0 Å². The van der Waals surface area contributed by atoms with Crippen molar-refractivity contribution in [1.82, 2.24) is 4.90 Å². The highest BCUT2D eigenvalue weighted by Gasteiger charge is 2.82. The van der Waals surface area contributed by atoms with E-state index in [4.69, 9.17) is 4.74 Å². The minimum absolute atomic E-state index is 0.0570. The lowest BCUT2D eigenvalue weighted by atomic mass is 9.58. The molecule has 0 radical (unpaired) electrons. The van der Waals surface area contributed by atoms with Crippen LogP contribution >= 0.6 is 0 Å². The van der Waals surface area contributed by atoms with E-state index in [0.29, 0.717) is 6.04 Å². The van der Waals surface area contributed by atoms with E-state index in [1.165, 1.54) is 18.2 Å². The number of ether oxygens (including phenoxy) is 1. The van der Waals surface area contributed by atoms with Gasteiger partial charge in [-0.2, -0.15) is 0 Å². The van der Waals surface area contributed by atoms with E-state index in [-0.39, 0.29) is 24.0 Å². The van der Waals surface area contributed by atoms with Gasteiger partial charge in [-0.25, -0.2) is 0 Å². The number of aliphatic hydroxyl groups is 1. The first-order chi connectivity index (χ1) is 12.6. The maximum Gasteiger partial charge on any atom is 0.316 e. The standard InChI is InChI=1S/C21H24N2O3/c1-3-11-10-23-15-8-13(11)21(19(25)26-2)16(23)9-20(18(21)24)12-6-4-5-7-14(12)22-17(15)20/h3-7,13,15-18,22,24H,8-10H2,1-2H3/b11-3-/t13-,15+,16+,17+,18+,20-,21-/m0/s1. The van der Waals surface area contributed by atoms with Crippen LogP contribution in [0, 0.1) is 11.3 Å². The molecule has 4 saturated heterocycles. The third-order valence-electron chi connectivity index (χ3n) is 8.30. The summed E-state index contributed by atoms with van der Waals surface area (Å²) in [6.45, 7) is 2.96. The molecular weight excluding hydrogens is 328 g/mol. The molecule has 26 heavy (non-hydrogen) atoms. The Morgan fingerprint density at radius 3 is 3.00 bits per heavy atom. The summed E-state index contributed by atoms with van der Waals surface area (Å²) < 4.78 is 5.34. The Labute approximate surface area is 153 Å². The molecule has 1 saturated carbocycles. The smallest absolute Gasteiger partial charge is 0.316 e. The molecule has 1 aromatic rings. The van der Waals surface area contributed by atoms with Crippen LogP contribution in [0.25, 0.3) is 0 Å². The topological polar surface area (TPSA) is 61.8 Å². The van der Waals surface area contributed by atoms with Crippen LogP contribution in [-0.2, 0) is 14.9 Å². The summed E-state index contributed by atoms with van der Waals surface area (Å²) in [5, 5.41) is 15.6. The van der Waals surface area contributed by atoms with Gasteiger partial charge in [-0.05, 0) is 31.4 Å². The first-order valence-corrected chi connectivity index (χ1v) is 9.64. The number of carbonyl (C=O) groups is 1. The fourth-order valence-corrected chi connectivity index (χ4v) is 7.49. The number of carbonyl (C=O) groups excluding carboxylic acids is 1. The van der Waals surface area contributed by atoms with Gasteiger partial charge in [0, 0.05) is 35.6 Å². The highest BCUT2D eigenvalue weighted by Crippen LogP contribution is 2.71. The number of aliphatic hydroxyl groups excluding tert-OH is 1. The lowest BCUT2D eigenvalue weighted by Crippen LogP contribution is -2.71. The number of esters is 1. The van der Waals surface area contributed by atoms with Gasteiger partial charge < -0.3 is 15.2 Å². The van der Waals surface area contributed by atoms with E-state index < -0.39 is 16.9 Å². The van der Waals surface area contributed by atoms with E-state index in [9.17, 15) is 9.90 Å². The highest BCUT2D eigenvalue weighted by molar-refractivity contribution is 5.84. The Bertz CT molecular complexity index is 867. The number of nitrogens with zero attached hydrogens (tertiary/aromatic N) is 1. The van der Waals surface area contributed by atoms with Gasteiger partial charge in [0.2, 0.25) is 0 Å². The molecule has 5 nitrogen and oxygen atoms in total. The Balaban J connectivity index is 1.65. The molecule has 1 unspecified atom stereocenters. The molecule has 2 N–H and O–H groups in total. The second-order valence-corrected chi connectivity index (χ2v) is 8.65. The number of anilines is 1. The zero-order chi connectivity index (χ0) is 17.8. The van der Waals surface area contributed by atoms with Gasteiger partial charge in [-0.3, -0.25) is 9.69 Å². The Morgan fingerprint density at radius 2 is 2.23 bits per heavy atom. The van der Waals surface area contributed by atoms with Crippen molar-refractivity contribution in [3.63, 3.8) is 0 Å². The molecule has 5 bridgehead atoms. The van der Waals surface area contributed by atoms with Crippen LogP contribution in [0.5, 0.6) is 0 Å². The van der Waals surface area contributed by atoms with Gasteiger partial charge in [-0.15, -0.1) is 0 Å². The summed E-state index contributed by atoms with van der Waals surface area (Å²) in [6.07, 6.45) is 3.15. The zero-order valence-electron chi connectivity index (χ0n) is 15.1. The Hall–Kier alpha value is -1.85. The van der Waals surface area contributed by atoms with Crippen molar-refractivity contribution in [2.45, 2.75) is 49.4 Å². The molecule has 7 rings (SSSR count). The number of para-hydroxylation sites is 1. The first-order valence-electron chi connectivity index (χ1n) is 9.64. The van der Waals surface area contributed by atoms with Crippen LogP contribution < -0.4 is 5.32 Å². The number of hydrogen-bond donors (Lipinski definition) is 2. The maximum atomic E-state index is 13.2. The third kappa shape index (κ3) is 1.28. The van der Waals surface area contributed by atoms with Crippen molar-refractivity contribution in [3.05, 3.63) is 41.5 Å². The quantitative estimate of drug-likeness (QED) is 0.595. The van der Waals surface area contributed by atoms with Crippen molar-refractivity contribution < 1.29 is 14.6 Å². The fraction of sp³-hybridized carbons (Fsp3) is 0.571. The largest absolute Gasteiger partial charge is 0.468 e. The summed E-state index contributed by atoms with van der Waals surface area (Å²) in [4.78, 5) is 15.7. The number of allylic oxidation sites excluding steroid dienone is 1. The second-order valence-electron chi connectivity index (χ2n) is 8.65. The van der Waals surface area contributed by atoms with Gasteiger partial charge in [0.1, 0.15) is 5.41 Å². The number of rotatable bonds is 1. The fourth-order valence-electron chi connectivity index (χ4n) is 7.49. The highest BCUT2D eigenvalue weighted by atomic mass is 16.5. The second kappa shape index (κ2) is 4.52. The molecule has 5 heteroatoms. The number of hydrogen-bond acceptors (Lipinski definition) is 5. The molecule has 136 valence electrons. The number of methoxy groups -OCH3 is 1. The Kier molecular flexibility index (Phi) is 2.65. The van der Waals surface area contributed by atoms with Gasteiger partial charge in [0.05, 0.1) is 19.3 Å². The minimum atomic E-state index is -0.848. The average Bonchev–Trinajstić information content (AvgIpc) is 3.13. The van der Waals surface area contributed by atoms with E-state index >= 15 is 0 Å². The lowest BCUT2D eigenvalue weighted by molar-refractivity contribution is -0.179. The van der Waals surface area contributed by atoms with Crippen molar-refractivity contribution in [2.75, 3.05) is 19.0 Å². The summed E-state index contributed by atoms with van der Waals surface area (Å²) in [6, 6.07) is 8.89. The van der Waals surface area contributed by atoms with Crippen LogP contribution in [0.1, 0.15) is 25.3 Å². The summed E-state index contributed by atoms with van der Waals surface area (Å²) in [7, 11) is 1.46. The zero-order valence-corrected chi connectivity index (χ0v) is 15.1. The number of piperidine rings is 4. The normalized spacial score (nSPS) is 50.5. The van der Waals surface area contributed by atoms with Crippen molar-refractivity contribution >= 4 is 11.7 Å². The minimum Gasteiger partial charge on any atom is -0.468 e. The van der Waals surface area contributed by atoms with E-state index in [2.05, 4.69) is 35.3 Å². The molecule has 1 aromatic carbocycles. The average molecular weight is 352 g/mol. The SMILES string of the molecule is C/C=C1/CN2[C@@H]3C[C@@H]1[C@@]1(C(=O)OC)[C@H](O)[C@@]4(C[C@@H]21)c1ccccc1N[C@H]34. The van der Waals surface area contributed by atoms with Crippen LogP contribution in [-0.4, -0.2) is 53.9 Å². The lowest BCUT2D eigenvalue weighted by Gasteiger charge is -2.60. The van der Waals surface area contributed by atoms with Crippen LogP contribution in [0.3, 0.4) is 0 Å². The van der Waals surface area contributed by atoms with Gasteiger partial charge in [-0.1, -0.05) is 29.8 Å². The van der Waals surface area contributed by atoms with Crippen LogP contribution in [0.4, 0.5) is 5.69 Å². The first kappa shape index (κ1) is 15.2. The molecule has 5 heterocycles. The molecule has 0 aromatic heterocycles. The monoisotopic (exact) mass is 352 g/mol. The van der Waals surface area contributed by atoms with Crippen molar-refractivity contribution in [2.24, 2.45) is 11.3 Å². The third-order valence-corrected chi connectivity index (χ3v) is 8.30. The predicted molar refractivity (Wildman–Crippen MR) is 96.7 cm³/mol. The molecule has 6 aliphatic rings. The van der Waals surface area contributed by atoms with E-state index in [1.54, 1.807) is 0 Å². The molecule has 1 aliphatic carbocycles. The summed E-state index contributed by atoms with van der Waals surface area (Å²) >= 11 is 0. The maximum absolute atomic E-state index is 13.2. The molecule has 5 fully saturated rings. The van der Waals surface area contributed by atoms with Gasteiger partial charge in [0.25, 0.3) is 0 Å². The molecular formula is C21H24N2O3. The Morgan fingerprint density at radius 1 is 1.42 bits per heavy atom. The number of nitrogens with one attached hydrogen (secondary N) is 1. The van der Waals surface area contributed by atoms with E-state index in [1.807, 2.05) is 12.1 Å². The molecule has 5 aliphatic heterocycles. The molecule has 1 spiro atoms. The summed E-state index contributed by atoms with van der Waals surface area (Å²) in [5.41, 5.74) is 2.34. The summed E-state index contributed by atoms with van der Waals surface area (Å²) in [5.74, 6) is -0.154. The van der Waals surface area contributed by atoms with Crippen LogP contribution in [0.2, 0.25) is 0 Å². The van der Waals surface area contributed by atoms with E-state index in [0.717, 1.165) is 25.1 Å². The van der Waals surface area contributed by atoms with Gasteiger partial charge in [0.15, 0.2) is 0 Å². The predicted octanol–water partition coefficient (Wildman–Crippen LogP) is 1.68. The van der Waals surface area contributed by atoms with Crippen LogP contribution in [0.15, 0.2) is 35.9 Å². The molecule has 0 amide bonds. The van der Waals surface area contributed by atoms with Gasteiger partial charge >= 0.3 is 5.97 Å². The number of benzene rings is 1. The molecule has 8 atom stereocenters. The number of fused-ring (bicyclic) bond motifs is 2.